The summed E-state index contributed by atoms with van der Waals surface area (Å²) >= 11 is 5.87. The molecular formula is C15H17ClN2. The summed E-state index contributed by atoms with van der Waals surface area (Å²) in [6, 6.07) is 14.5. The molecule has 0 amide bonds. The van der Waals surface area contributed by atoms with Gasteiger partial charge >= 0.3 is 0 Å². The van der Waals surface area contributed by atoms with E-state index >= 15 is 0 Å². The lowest BCUT2D eigenvalue weighted by Crippen LogP contribution is -2.25. The number of nitrogens with zero attached hydrogens (tertiary/aromatic N) is 2. The molecule has 3 heteroatoms. The summed E-state index contributed by atoms with van der Waals surface area (Å²) in [6.45, 7) is 3.68. The van der Waals surface area contributed by atoms with Crippen molar-refractivity contribution in [2.45, 2.75) is 13.5 Å². The maximum Gasteiger partial charge on any atom is 0.128 e. The van der Waals surface area contributed by atoms with Crippen molar-refractivity contribution in [2.75, 3.05) is 17.3 Å². The lowest BCUT2D eigenvalue weighted by Gasteiger charge is -2.22. The molecule has 2 rings (SSSR count). The van der Waals surface area contributed by atoms with Gasteiger partial charge in [0, 0.05) is 25.2 Å². The molecule has 0 radical (unpaired) electrons. The summed E-state index contributed by atoms with van der Waals surface area (Å²) < 4.78 is 0. The summed E-state index contributed by atoms with van der Waals surface area (Å²) in [5.74, 6) is 1.58. The topological polar surface area (TPSA) is 16.1 Å². The van der Waals surface area contributed by atoms with Gasteiger partial charge in [0.1, 0.15) is 5.82 Å². The Morgan fingerprint density at radius 1 is 1.11 bits per heavy atom. The van der Waals surface area contributed by atoms with E-state index in [1.165, 1.54) is 11.1 Å². The SMILES string of the molecule is Cc1ccc(N(CCCl)Cc2ccccc2)nc1. The van der Waals surface area contributed by atoms with Gasteiger partial charge in [-0.1, -0.05) is 36.4 Å². The lowest BCUT2D eigenvalue weighted by atomic mass is 10.2. The Morgan fingerprint density at radius 3 is 2.50 bits per heavy atom. The molecule has 18 heavy (non-hydrogen) atoms. The number of alkyl halides is 1. The minimum atomic E-state index is 0.600. The normalized spacial score (nSPS) is 10.3. The average Bonchev–Trinajstić information content (AvgIpc) is 2.40. The fraction of sp³-hybridized carbons (Fsp3) is 0.267. The first kappa shape index (κ1) is 12.9. The van der Waals surface area contributed by atoms with E-state index in [0.29, 0.717) is 5.88 Å². The highest BCUT2D eigenvalue weighted by Gasteiger charge is 2.07. The van der Waals surface area contributed by atoms with Crippen LogP contribution in [0.15, 0.2) is 48.7 Å². The second kappa shape index (κ2) is 6.41. The molecule has 94 valence electrons. The highest BCUT2D eigenvalue weighted by atomic mass is 35.5. The van der Waals surface area contributed by atoms with E-state index in [2.05, 4.69) is 40.2 Å². The zero-order valence-electron chi connectivity index (χ0n) is 10.5. The Labute approximate surface area is 113 Å². The van der Waals surface area contributed by atoms with E-state index in [0.717, 1.165) is 18.9 Å². The van der Waals surface area contributed by atoms with Gasteiger partial charge in [-0.3, -0.25) is 0 Å². The third-order valence-corrected chi connectivity index (χ3v) is 2.96. The Balaban J connectivity index is 2.15. The van der Waals surface area contributed by atoms with E-state index < -0.39 is 0 Å². The van der Waals surface area contributed by atoms with Crippen LogP contribution in [0.3, 0.4) is 0 Å². The van der Waals surface area contributed by atoms with Crippen molar-refractivity contribution in [1.82, 2.24) is 4.98 Å². The van der Waals surface area contributed by atoms with E-state index in [9.17, 15) is 0 Å². The molecule has 1 aromatic carbocycles. The number of pyridine rings is 1. The molecule has 0 unspecified atom stereocenters. The molecule has 0 saturated heterocycles. The largest absolute Gasteiger partial charge is 0.351 e. The van der Waals surface area contributed by atoms with Gasteiger partial charge in [0.25, 0.3) is 0 Å². The van der Waals surface area contributed by atoms with Crippen molar-refractivity contribution in [1.29, 1.82) is 0 Å². The van der Waals surface area contributed by atoms with Crippen LogP contribution in [-0.4, -0.2) is 17.4 Å². The smallest absolute Gasteiger partial charge is 0.128 e. The Bertz CT molecular complexity index is 468. The molecule has 0 bridgehead atoms. The summed E-state index contributed by atoms with van der Waals surface area (Å²) in [6.07, 6.45) is 1.89. The maximum absolute atomic E-state index is 5.87. The van der Waals surface area contributed by atoms with Gasteiger partial charge in [-0.15, -0.1) is 11.6 Å². The number of rotatable bonds is 5. The zero-order valence-corrected chi connectivity index (χ0v) is 11.3. The van der Waals surface area contributed by atoms with E-state index in [1.54, 1.807) is 0 Å². The van der Waals surface area contributed by atoms with Crippen LogP contribution in [0.4, 0.5) is 5.82 Å². The molecular weight excluding hydrogens is 244 g/mol. The van der Waals surface area contributed by atoms with Crippen LogP contribution < -0.4 is 4.90 Å². The summed E-state index contributed by atoms with van der Waals surface area (Å²) in [5.41, 5.74) is 2.44. The Morgan fingerprint density at radius 2 is 1.89 bits per heavy atom. The quantitative estimate of drug-likeness (QED) is 0.763. The van der Waals surface area contributed by atoms with Crippen molar-refractivity contribution in [2.24, 2.45) is 0 Å². The third kappa shape index (κ3) is 3.47. The molecule has 2 nitrogen and oxygen atoms in total. The van der Waals surface area contributed by atoms with Gasteiger partial charge in [-0.25, -0.2) is 4.98 Å². The Hall–Kier alpha value is -1.54. The van der Waals surface area contributed by atoms with Crippen molar-refractivity contribution in [3.8, 4) is 0 Å². The summed E-state index contributed by atoms with van der Waals surface area (Å²) in [5, 5.41) is 0. The second-order valence-corrected chi connectivity index (χ2v) is 4.67. The van der Waals surface area contributed by atoms with Gasteiger partial charge in [0.2, 0.25) is 0 Å². The molecule has 0 aliphatic rings. The first-order chi connectivity index (χ1) is 8.79. The molecule has 0 aliphatic carbocycles. The van der Waals surface area contributed by atoms with Gasteiger partial charge in [0.15, 0.2) is 0 Å². The predicted octanol–water partition coefficient (Wildman–Crippen LogP) is 3.64. The highest BCUT2D eigenvalue weighted by molar-refractivity contribution is 6.18. The molecule has 1 heterocycles. The highest BCUT2D eigenvalue weighted by Crippen LogP contribution is 2.14. The van der Waals surface area contributed by atoms with Crippen LogP contribution in [0.1, 0.15) is 11.1 Å². The zero-order chi connectivity index (χ0) is 12.8. The fourth-order valence-electron chi connectivity index (χ4n) is 1.83. The van der Waals surface area contributed by atoms with Crippen molar-refractivity contribution in [3.05, 3.63) is 59.8 Å². The molecule has 0 fully saturated rings. The molecule has 0 N–H and O–H groups in total. The van der Waals surface area contributed by atoms with Crippen LogP contribution in [0.2, 0.25) is 0 Å². The third-order valence-electron chi connectivity index (χ3n) is 2.79. The number of benzene rings is 1. The van der Waals surface area contributed by atoms with Crippen LogP contribution in [0.25, 0.3) is 0 Å². The first-order valence-electron chi connectivity index (χ1n) is 6.07. The molecule has 1 aromatic heterocycles. The van der Waals surface area contributed by atoms with Gasteiger partial charge < -0.3 is 4.90 Å². The monoisotopic (exact) mass is 260 g/mol. The maximum atomic E-state index is 5.87. The van der Waals surface area contributed by atoms with Crippen LogP contribution in [0, 0.1) is 6.92 Å². The molecule has 2 aromatic rings. The average molecular weight is 261 g/mol. The minimum Gasteiger partial charge on any atom is -0.351 e. The fourth-order valence-corrected chi connectivity index (χ4v) is 2.03. The number of hydrogen-bond donors (Lipinski definition) is 0. The number of anilines is 1. The van der Waals surface area contributed by atoms with Crippen molar-refractivity contribution < 1.29 is 0 Å². The van der Waals surface area contributed by atoms with E-state index in [-0.39, 0.29) is 0 Å². The van der Waals surface area contributed by atoms with Crippen molar-refractivity contribution in [3.63, 3.8) is 0 Å². The van der Waals surface area contributed by atoms with Crippen LogP contribution >= 0.6 is 11.6 Å². The van der Waals surface area contributed by atoms with Crippen LogP contribution in [0.5, 0.6) is 0 Å². The van der Waals surface area contributed by atoms with E-state index in [4.69, 9.17) is 11.6 Å². The number of aryl methyl sites for hydroxylation is 1. The first-order valence-corrected chi connectivity index (χ1v) is 6.60. The van der Waals surface area contributed by atoms with Gasteiger partial charge in [-0.05, 0) is 24.1 Å². The lowest BCUT2D eigenvalue weighted by molar-refractivity contribution is 0.816. The molecule has 0 spiro atoms. The summed E-state index contributed by atoms with van der Waals surface area (Å²) in [7, 11) is 0. The molecule has 0 atom stereocenters. The molecule has 0 aliphatic heterocycles. The molecule has 0 saturated carbocycles. The van der Waals surface area contributed by atoms with Gasteiger partial charge in [-0.2, -0.15) is 0 Å². The predicted molar refractivity (Wildman–Crippen MR) is 77.2 cm³/mol. The number of aromatic nitrogens is 1. The minimum absolute atomic E-state index is 0.600. The number of hydrogen-bond acceptors (Lipinski definition) is 2. The van der Waals surface area contributed by atoms with Gasteiger partial charge in [0.05, 0.1) is 0 Å². The number of halogens is 1. The summed E-state index contributed by atoms with van der Waals surface area (Å²) in [4.78, 5) is 6.66. The second-order valence-electron chi connectivity index (χ2n) is 4.29. The Kier molecular flexibility index (Phi) is 4.59. The van der Waals surface area contributed by atoms with Crippen LogP contribution in [-0.2, 0) is 6.54 Å². The van der Waals surface area contributed by atoms with Crippen molar-refractivity contribution >= 4 is 17.4 Å². The standard InChI is InChI=1S/C15H17ClN2/c1-13-7-8-15(17-11-13)18(10-9-16)12-14-5-3-2-4-6-14/h2-8,11H,9-10,12H2,1H3. The van der Waals surface area contributed by atoms with E-state index in [1.807, 2.05) is 25.3 Å².